The summed E-state index contributed by atoms with van der Waals surface area (Å²) in [5, 5.41) is 9.26. The number of aromatic nitrogens is 1. The molecule has 0 amide bonds. The van der Waals surface area contributed by atoms with E-state index in [1.54, 1.807) is 26.0 Å². The fourth-order valence-electron chi connectivity index (χ4n) is 2.52. The lowest BCUT2D eigenvalue weighted by molar-refractivity contribution is 0.219. The number of aryl methyl sites for hydroxylation is 1. The number of hydrogen-bond acceptors (Lipinski definition) is 5. The van der Waals surface area contributed by atoms with Gasteiger partial charge >= 0.3 is 7.60 Å². The third-order valence-corrected chi connectivity index (χ3v) is 5.50. The molecule has 2 aromatic rings. The van der Waals surface area contributed by atoms with E-state index in [0.717, 1.165) is 16.8 Å². The number of hydrogen-bond donors (Lipinski definition) is 0. The molecule has 1 aromatic heterocycles. The Balaban J connectivity index is 0.00000163. The van der Waals surface area contributed by atoms with Crippen molar-refractivity contribution in [2.75, 3.05) is 13.2 Å². The lowest BCUT2D eigenvalue weighted by atomic mass is 9.99. The summed E-state index contributed by atoms with van der Waals surface area (Å²) in [6.45, 7) is 10.1. The molecule has 0 aliphatic carbocycles. The average molecular weight is 374 g/mol. The Morgan fingerprint density at radius 3 is 2.19 bits per heavy atom. The summed E-state index contributed by atoms with van der Waals surface area (Å²) < 4.78 is 23.3. The predicted molar refractivity (Wildman–Crippen MR) is 105 cm³/mol. The standard InChI is InChI=1S/C18H21N2O3P.C2H6/c1-4-22-24(21,23-5-2)13-16-10-11-17(14(3)20-16)18-9-7-6-8-15(18)12-19;1-2/h6-11H,4-5,13H2,1-3H3;1-2H3. The van der Waals surface area contributed by atoms with Crippen molar-refractivity contribution in [1.82, 2.24) is 4.98 Å². The molecule has 140 valence electrons. The Hall–Kier alpha value is -1.99. The molecule has 26 heavy (non-hydrogen) atoms. The third kappa shape index (κ3) is 5.78. The molecule has 1 heterocycles. The highest BCUT2D eigenvalue weighted by atomic mass is 31.2. The summed E-state index contributed by atoms with van der Waals surface area (Å²) in [5.41, 5.74) is 3.75. The summed E-state index contributed by atoms with van der Waals surface area (Å²) in [5.74, 6) is 0. The molecule has 0 saturated carbocycles. The minimum atomic E-state index is -3.18. The van der Waals surface area contributed by atoms with Crippen molar-refractivity contribution in [3.05, 3.63) is 53.3 Å². The summed E-state index contributed by atoms with van der Waals surface area (Å²) in [7, 11) is -3.18. The van der Waals surface area contributed by atoms with Crippen LogP contribution in [0.5, 0.6) is 0 Å². The molecule has 0 saturated heterocycles. The first-order valence-electron chi connectivity index (χ1n) is 8.87. The van der Waals surface area contributed by atoms with Gasteiger partial charge in [-0.3, -0.25) is 9.55 Å². The van der Waals surface area contributed by atoms with E-state index in [2.05, 4.69) is 11.1 Å². The van der Waals surface area contributed by atoms with E-state index >= 15 is 0 Å². The first-order valence-corrected chi connectivity index (χ1v) is 10.6. The Morgan fingerprint density at radius 2 is 1.65 bits per heavy atom. The summed E-state index contributed by atoms with van der Waals surface area (Å²) in [6.07, 6.45) is 0.135. The largest absolute Gasteiger partial charge is 0.336 e. The number of benzene rings is 1. The van der Waals surface area contributed by atoms with Gasteiger partial charge in [0.15, 0.2) is 0 Å². The first kappa shape index (κ1) is 22.1. The van der Waals surface area contributed by atoms with Crippen LogP contribution in [0, 0.1) is 18.3 Å². The molecule has 0 aliphatic heterocycles. The first-order chi connectivity index (χ1) is 12.5. The van der Waals surface area contributed by atoms with Crippen LogP contribution in [0.3, 0.4) is 0 Å². The van der Waals surface area contributed by atoms with Crippen molar-refractivity contribution in [2.45, 2.75) is 40.8 Å². The fraction of sp³-hybridized carbons (Fsp3) is 0.400. The molecule has 6 heteroatoms. The molecule has 0 aliphatic rings. The molecule has 0 atom stereocenters. The van der Waals surface area contributed by atoms with E-state index in [9.17, 15) is 9.83 Å². The second-order valence-electron chi connectivity index (χ2n) is 5.20. The molecule has 5 nitrogen and oxygen atoms in total. The van der Waals surface area contributed by atoms with Crippen LogP contribution in [-0.2, 0) is 19.8 Å². The van der Waals surface area contributed by atoms with Crippen LogP contribution in [0.15, 0.2) is 36.4 Å². The minimum Gasteiger partial charge on any atom is -0.309 e. The van der Waals surface area contributed by atoms with Gasteiger partial charge in [-0.25, -0.2) is 0 Å². The van der Waals surface area contributed by atoms with Gasteiger partial charge in [0.25, 0.3) is 0 Å². The van der Waals surface area contributed by atoms with Gasteiger partial charge in [-0.05, 0) is 32.9 Å². The maximum absolute atomic E-state index is 12.6. The van der Waals surface area contributed by atoms with Gasteiger partial charge in [-0.1, -0.05) is 38.1 Å². The predicted octanol–water partition coefficient (Wildman–Crippen LogP) is 5.72. The third-order valence-electron chi connectivity index (χ3n) is 3.49. The lowest BCUT2D eigenvalue weighted by Gasteiger charge is -2.17. The molecular formula is C20H27N2O3P. The highest BCUT2D eigenvalue weighted by Gasteiger charge is 2.25. The number of nitrogens with zero attached hydrogens (tertiary/aromatic N) is 2. The summed E-state index contributed by atoms with van der Waals surface area (Å²) >= 11 is 0. The Bertz CT molecular complexity index is 790. The Kier molecular flexibility index (Phi) is 9.23. The summed E-state index contributed by atoms with van der Waals surface area (Å²) in [4.78, 5) is 4.53. The highest BCUT2D eigenvalue weighted by Crippen LogP contribution is 2.51. The normalized spacial score (nSPS) is 10.6. The van der Waals surface area contributed by atoms with E-state index in [0.29, 0.717) is 24.5 Å². The van der Waals surface area contributed by atoms with E-state index in [1.807, 2.05) is 45.0 Å². The average Bonchev–Trinajstić information content (AvgIpc) is 2.64. The molecular weight excluding hydrogens is 347 g/mol. The van der Waals surface area contributed by atoms with Crippen molar-refractivity contribution >= 4 is 7.60 Å². The SMILES string of the molecule is CC.CCOP(=O)(Cc1ccc(-c2ccccc2C#N)c(C)n1)OCC. The Labute approximate surface area is 156 Å². The minimum absolute atomic E-state index is 0.135. The van der Waals surface area contributed by atoms with E-state index in [-0.39, 0.29) is 6.16 Å². The zero-order valence-corrected chi connectivity index (χ0v) is 17.0. The monoisotopic (exact) mass is 374 g/mol. The van der Waals surface area contributed by atoms with Crippen molar-refractivity contribution in [2.24, 2.45) is 0 Å². The van der Waals surface area contributed by atoms with Crippen LogP contribution in [0.25, 0.3) is 11.1 Å². The van der Waals surface area contributed by atoms with E-state index < -0.39 is 7.60 Å². The van der Waals surface area contributed by atoms with Gasteiger partial charge in [-0.15, -0.1) is 0 Å². The zero-order chi connectivity index (χ0) is 19.6. The van der Waals surface area contributed by atoms with Crippen LogP contribution in [-0.4, -0.2) is 18.2 Å². The van der Waals surface area contributed by atoms with Crippen LogP contribution < -0.4 is 0 Å². The van der Waals surface area contributed by atoms with Gasteiger partial charge in [0.2, 0.25) is 0 Å². The molecule has 2 rings (SSSR count). The highest BCUT2D eigenvalue weighted by molar-refractivity contribution is 7.53. The van der Waals surface area contributed by atoms with Gasteiger partial charge in [0.1, 0.15) is 0 Å². The van der Waals surface area contributed by atoms with Gasteiger partial charge in [0, 0.05) is 16.8 Å². The number of nitriles is 1. The number of rotatable bonds is 7. The Morgan fingerprint density at radius 1 is 1.04 bits per heavy atom. The van der Waals surface area contributed by atoms with Crippen LogP contribution in [0.4, 0.5) is 0 Å². The molecule has 0 bridgehead atoms. The maximum atomic E-state index is 12.6. The topological polar surface area (TPSA) is 72.2 Å². The molecule has 0 fully saturated rings. The second-order valence-corrected chi connectivity index (χ2v) is 7.25. The van der Waals surface area contributed by atoms with Gasteiger partial charge in [0.05, 0.1) is 36.7 Å². The molecule has 0 spiro atoms. The lowest BCUT2D eigenvalue weighted by Crippen LogP contribution is -2.02. The molecule has 0 unspecified atom stereocenters. The van der Waals surface area contributed by atoms with Crippen molar-refractivity contribution in [3.63, 3.8) is 0 Å². The molecule has 1 aromatic carbocycles. The van der Waals surface area contributed by atoms with E-state index in [4.69, 9.17) is 9.05 Å². The number of pyridine rings is 1. The van der Waals surface area contributed by atoms with Crippen molar-refractivity contribution < 1.29 is 13.6 Å². The zero-order valence-electron chi connectivity index (χ0n) is 16.2. The smallest absolute Gasteiger partial charge is 0.309 e. The molecule has 0 N–H and O–H groups in total. The quantitative estimate of drug-likeness (QED) is 0.580. The second kappa shape index (κ2) is 10.9. The van der Waals surface area contributed by atoms with E-state index in [1.165, 1.54) is 0 Å². The maximum Gasteiger partial charge on any atom is 0.336 e. The molecule has 0 radical (unpaired) electrons. The van der Waals surface area contributed by atoms with Gasteiger partial charge < -0.3 is 9.05 Å². The van der Waals surface area contributed by atoms with Crippen LogP contribution in [0.2, 0.25) is 0 Å². The van der Waals surface area contributed by atoms with Gasteiger partial charge in [-0.2, -0.15) is 5.26 Å². The summed E-state index contributed by atoms with van der Waals surface area (Å²) in [6, 6.07) is 13.3. The fourth-order valence-corrected chi connectivity index (χ4v) is 4.14. The van der Waals surface area contributed by atoms with Crippen LogP contribution in [0.1, 0.15) is 44.6 Å². The van der Waals surface area contributed by atoms with Crippen LogP contribution >= 0.6 is 7.60 Å². The van der Waals surface area contributed by atoms with Crippen molar-refractivity contribution in [1.29, 1.82) is 5.26 Å². The van der Waals surface area contributed by atoms with Crippen molar-refractivity contribution in [3.8, 4) is 17.2 Å².